The number of carbonyl (C=O) groups is 1. The third kappa shape index (κ3) is 4.47. The monoisotopic (exact) mass is 235 g/mol. The number of hydrogen-bond donors (Lipinski definition) is 1. The molecule has 0 saturated carbocycles. The molecule has 0 spiro atoms. The van der Waals surface area contributed by atoms with Crippen LogP contribution in [-0.4, -0.2) is 24.7 Å². The first-order valence-corrected chi connectivity index (χ1v) is 5.84. The molecule has 0 unspecified atom stereocenters. The first-order chi connectivity index (χ1) is 7.79. The van der Waals surface area contributed by atoms with Gasteiger partial charge in [0.2, 0.25) is 0 Å². The van der Waals surface area contributed by atoms with E-state index in [-0.39, 0.29) is 0 Å². The van der Waals surface area contributed by atoms with Gasteiger partial charge in [-0.05, 0) is 30.0 Å². The van der Waals surface area contributed by atoms with Crippen LogP contribution in [-0.2, 0) is 0 Å². The minimum atomic E-state index is -0.879. The molecule has 0 aliphatic carbocycles. The summed E-state index contributed by atoms with van der Waals surface area (Å²) in [5.74, 6) is -0.879. The fourth-order valence-corrected chi connectivity index (χ4v) is 1.51. The molecule has 0 aliphatic rings. The Labute approximate surface area is 103 Å². The number of carboxylic acids is 1. The minimum absolute atomic E-state index is 0.290. The number of hydrogen-bond acceptors (Lipinski definition) is 2. The minimum Gasteiger partial charge on any atom is -0.478 e. The van der Waals surface area contributed by atoms with E-state index in [2.05, 4.69) is 25.7 Å². The Hall–Kier alpha value is -1.51. The van der Waals surface area contributed by atoms with Crippen molar-refractivity contribution in [3.05, 3.63) is 29.8 Å². The number of nitrogens with zero attached hydrogens (tertiary/aromatic N) is 1. The van der Waals surface area contributed by atoms with Crippen LogP contribution in [0, 0.1) is 5.41 Å². The molecular weight excluding hydrogens is 214 g/mol. The van der Waals surface area contributed by atoms with Gasteiger partial charge in [-0.1, -0.05) is 26.8 Å². The summed E-state index contributed by atoms with van der Waals surface area (Å²) in [7, 11) is 1.99. The van der Waals surface area contributed by atoms with Crippen LogP contribution < -0.4 is 4.90 Å². The van der Waals surface area contributed by atoms with Crippen molar-refractivity contribution in [1.82, 2.24) is 0 Å². The average Bonchev–Trinajstić information content (AvgIpc) is 2.25. The summed E-state index contributed by atoms with van der Waals surface area (Å²) < 4.78 is 0. The average molecular weight is 235 g/mol. The maximum Gasteiger partial charge on any atom is 0.335 e. The molecule has 17 heavy (non-hydrogen) atoms. The molecule has 0 radical (unpaired) electrons. The Balaban J connectivity index is 2.72. The Morgan fingerprint density at radius 3 is 2.53 bits per heavy atom. The third-order valence-electron chi connectivity index (χ3n) is 2.73. The summed E-state index contributed by atoms with van der Waals surface area (Å²) >= 11 is 0. The van der Waals surface area contributed by atoms with Crippen LogP contribution in [0.15, 0.2) is 24.3 Å². The molecule has 1 N–H and O–H groups in total. The second kappa shape index (κ2) is 5.21. The van der Waals surface area contributed by atoms with Crippen LogP contribution in [0.3, 0.4) is 0 Å². The predicted molar refractivity (Wildman–Crippen MR) is 70.7 cm³/mol. The molecule has 3 heteroatoms. The van der Waals surface area contributed by atoms with E-state index in [1.54, 1.807) is 18.2 Å². The lowest BCUT2D eigenvalue weighted by atomic mass is 9.92. The molecule has 0 amide bonds. The number of rotatable bonds is 4. The van der Waals surface area contributed by atoms with Gasteiger partial charge in [-0.15, -0.1) is 0 Å². The number of benzene rings is 1. The number of aromatic carboxylic acids is 1. The van der Waals surface area contributed by atoms with Gasteiger partial charge in [-0.3, -0.25) is 0 Å². The van der Waals surface area contributed by atoms with Crippen molar-refractivity contribution in [3.8, 4) is 0 Å². The Kier molecular flexibility index (Phi) is 4.16. The highest BCUT2D eigenvalue weighted by Gasteiger charge is 2.12. The highest BCUT2D eigenvalue weighted by atomic mass is 16.4. The highest BCUT2D eigenvalue weighted by Crippen LogP contribution is 2.21. The second-order valence-electron chi connectivity index (χ2n) is 5.59. The zero-order chi connectivity index (χ0) is 13.1. The van der Waals surface area contributed by atoms with E-state index in [0.29, 0.717) is 11.0 Å². The van der Waals surface area contributed by atoms with Gasteiger partial charge >= 0.3 is 5.97 Å². The predicted octanol–water partition coefficient (Wildman–Crippen LogP) is 3.26. The van der Waals surface area contributed by atoms with Crippen LogP contribution in [0.25, 0.3) is 0 Å². The molecule has 0 aromatic heterocycles. The Morgan fingerprint density at radius 1 is 1.35 bits per heavy atom. The zero-order valence-corrected chi connectivity index (χ0v) is 11.0. The van der Waals surface area contributed by atoms with Gasteiger partial charge in [0.25, 0.3) is 0 Å². The van der Waals surface area contributed by atoms with E-state index in [9.17, 15) is 4.79 Å². The fourth-order valence-electron chi connectivity index (χ4n) is 1.51. The van der Waals surface area contributed by atoms with E-state index >= 15 is 0 Å². The molecule has 3 nitrogen and oxygen atoms in total. The zero-order valence-electron chi connectivity index (χ0n) is 11.0. The highest BCUT2D eigenvalue weighted by molar-refractivity contribution is 5.88. The lowest BCUT2D eigenvalue weighted by Gasteiger charge is -2.25. The number of anilines is 1. The standard InChI is InChI=1S/C14H21NO2/c1-14(2,3)8-9-15(4)12-7-5-6-11(10-12)13(16)17/h5-7,10H,8-9H2,1-4H3,(H,16,17). The van der Waals surface area contributed by atoms with Crippen LogP contribution in [0.1, 0.15) is 37.6 Å². The molecule has 0 heterocycles. The van der Waals surface area contributed by atoms with Gasteiger partial charge < -0.3 is 10.0 Å². The maximum absolute atomic E-state index is 10.9. The molecule has 94 valence electrons. The second-order valence-corrected chi connectivity index (χ2v) is 5.59. The van der Waals surface area contributed by atoms with E-state index in [1.165, 1.54) is 0 Å². The van der Waals surface area contributed by atoms with Crippen LogP contribution in [0.4, 0.5) is 5.69 Å². The Bertz CT molecular complexity index is 393. The first-order valence-electron chi connectivity index (χ1n) is 5.84. The van der Waals surface area contributed by atoms with E-state index in [1.807, 2.05) is 13.1 Å². The van der Waals surface area contributed by atoms with Crippen LogP contribution >= 0.6 is 0 Å². The van der Waals surface area contributed by atoms with Crippen molar-refractivity contribution in [3.63, 3.8) is 0 Å². The van der Waals surface area contributed by atoms with E-state index in [4.69, 9.17) is 5.11 Å². The Morgan fingerprint density at radius 2 is 2.00 bits per heavy atom. The van der Waals surface area contributed by atoms with Gasteiger partial charge in [0.15, 0.2) is 0 Å². The van der Waals surface area contributed by atoms with Gasteiger partial charge in [0, 0.05) is 19.3 Å². The molecule has 1 aromatic carbocycles. The molecule has 0 aliphatic heterocycles. The maximum atomic E-state index is 10.9. The SMILES string of the molecule is CN(CCC(C)(C)C)c1cccc(C(=O)O)c1. The van der Waals surface area contributed by atoms with Gasteiger partial charge in [0.05, 0.1) is 5.56 Å². The summed E-state index contributed by atoms with van der Waals surface area (Å²) in [6.07, 6.45) is 1.07. The topological polar surface area (TPSA) is 40.5 Å². The van der Waals surface area contributed by atoms with Gasteiger partial charge in [0.1, 0.15) is 0 Å². The molecule has 0 saturated heterocycles. The largest absolute Gasteiger partial charge is 0.478 e. The normalized spacial score (nSPS) is 11.3. The summed E-state index contributed by atoms with van der Waals surface area (Å²) in [6.45, 7) is 7.53. The lowest BCUT2D eigenvalue weighted by Crippen LogP contribution is -2.23. The third-order valence-corrected chi connectivity index (χ3v) is 2.73. The van der Waals surface area contributed by atoms with Gasteiger partial charge in [-0.25, -0.2) is 4.79 Å². The number of carboxylic acid groups (broad SMARTS) is 1. The van der Waals surface area contributed by atoms with Crippen molar-refractivity contribution in [1.29, 1.82) is 0 Å². The smallest absolute Gasteiger partial charge is 0.335 e. The summed E-state index contributed by atoms with van der Waals surface area (Å²) in [5, 5.41) is 8.93. The van der Waals surface area contributed by atoms with Crippen molar-refractivity contribution < 1.29 is 9.90 Å². The molecule has 1 rings (SSSR count). The fraction of sp³-hybridized carbons (Fsp3) is 0.500. The quantitative estimate of drug-likeness (QED) is 0.870. The summed E-state index contributed by atoms with van der Waals surface area (Å²) in [6, 6.07) is 7.05. The summed E-state index contributed by atoms with van der Waals surface area (Å²) in [4.78, 5) is 13.0. The molecule has 0 bridgehead atoms. The lowest BCUT2D eigenvalue weighted by molar-refractivity contribution is 0.0697. The summed E-state index contributed by atoms with van der Waals surface area (Å²) in [5.41, 5.74) is 1.58. The van der Waals surface area contributed by atoms with E-state index in [0.717, 1.165) is 18.7 Å². The van der Waals surface area contributed by atoms with Crippen molar-refractivity contribution in [2.24, 2.45) is 5.41 Å². The van der Waals surface area contributed by atoms with Crippen molar-refractivity contribution >= 4 is 11.7 Å². The van der Waals surface area contributed by atoms with Crippen LogP contribution in [0.2, 0.25) is 0 Å². The molecular formula is C14H21NO2. The van der Waals surface area contributed by atoms with E-state index < -0.39 is 5.97 Å². The van der Waals surface area contributed by atoms with Crippen molar-refractivity contribution in [2.75, 3.05) is 18.5 Å². The van der Waals surface area contributed by atoms with Crippen LogP contribution in [0.5, 0.6) is 0 Å². The molecule has 1 aromatic rings. The molecule has 0 fully saturated rings. The van der Waals surface area contributed by atoms with Gasteiger partial charge in [-0.2, -0.15) is 0 Å². The van der Waals surface area contributed by atoms with Crippen molar-refractivity contribution in [2.45, 2.75) is 27.2 Å². The first kappa shape index (κ1) is 13.6. The molecule has 0 atom stereocenters.